The van der Waals surface area contributed by atoms with Gasteiger partial charge in [-0.1, -0.05) is 26.7 Å². The fourth-order valence-electron chi connectivity index (χ4n) is 2.95. The molecule has 5 nitrogen and oxygen atoms in total. The van der Waals surface area contributed by atoms with Crippen LogP contribution in [0.5, 0.6) is 0 Å². The summed E-state index contributed by atoms with van der Waals surface area (Å²) >= 11 is 0. The Hall–Kier alpha value is -1.91. The number of carbonyl (C=O) groups excluding carboxylic acids is 2. The van der Waals surface area contributed by atoms with Crippen molar-refractivity contribution in [1.29, 1.82) is 0 Å². The number of fused-ring (bicyclic) bond motifs is 1. The van der Waals surface area contributed by atoms with Crippen LogP contribution >= 0.6 is 0 Å². The zero-order valence-electron chi connectivity index (χ0n) is 14.2. The molecule has 0 radical (unpaired) electrons. The van der Waals surface area contributed by atoms with E-state index in [0.29, 0.717) is 30.0 Å². The Morgan fingerprint density at radius 1 is 1.22 bits per heavy atom. The summed E-state index contributed by atoms with van der Waals surface area (Å²) in [5.41, 5.74) is 0.779. The lowest BCUT2D eigenvalue weighted by Gasteiger charge is -2.17. The lowest BCUT2D eigenvalue weighted by atomic mass is 9.93. The molecule has 1 aliphatic rings. The van der Waals surface area contributed by atoms with E-state index < -0.39 is 11.5 Å². The molecule has 1 aromatic heterocycles. The third kappa shape index (κ3) is 4.53. The maximum absolute atomic E-state index is 12.3. The third-order valence-electron chi connectivity index (χ3n) is 4.29. The van der Waals surface area contributed by atoms with Gasteiger partial charge in [-0.2, -0.15) is 0 Å². The number of H-pyrrole nitrogens is 1. The Morgan fingerprint density at radius 2 is 1.96 bits per heavy atom. The van der Waals surface area contributed by atoms with Crippen LogP contribution in [0.2, 0.25) is 0 Å². The average Bonchev–Trinajstić information content (AvgIpc) is 2.46. The summed E-state index contributed by atoms with van der Waals surface area (Å²) in [6, 6.07) is 1.47. The largest absolute Gasteiger partial charge is 0.349 e. The number of carbonyl (C=O) groups is 2. The summed E-state index contributed by atoms with van der Waals surface area (Å²) < 4.78 is 0. The van der Waals surface area contributed by atoms with Gasteiger partial charge in [-0.3, -0.25) is 14.4 Å². The highest BCUT2D eigenvalue weighted by molar-refractivity contribution is 6.01. The quantitative estimate of drug-likeness (QED) is 0.846. The van der Waals surface area contributed by atoms with Crippen molar-refractivity contribution in [3.63, 3.8) is 0 Å². The first-order valence-corrected chi connectivity index (χ1v) is 8.48. The fourth-order valence-corrected chi connectivity index (χ4v) is 2.95. The summed E-state index contributed by atoms with van der Waals surface area (Å²) in [6.45, 7) is 6.29. The van der Waals surface area contributed by atoms with Gasteiger partial charge < -0.3 is 10.3 Å². The van der Waals surface area contributed by atoms with Crippen LogP contribution in [0.25, 0.3) is 0 Å². The highest BCUT2D eigenvalue weighted by atomic mass is 16.2. The number of hydrogen-bond donors (Lipinski definition) is 2. The molecule has 126 valence electrons. The van der Waals surface area contributed by atoms with Gasteiger partial charge in [0.2, 0.25) is 0 Å². The number of aryl methyl sites for hydroxylation is 1. The second kappa shape index (κ2) is 7.57. The summed E-state index contributed by atoms with van der Waals surface area (Å²) in [5.74, 6) is 0.249. The second-order valence-corrected chi connectivity index (χ2v) is 6.88. The molecule has 2 N–H and O–H groups in total. The molecule has 1 unspecified atom stereocenters. The molecule has 0 fully saturated rings. The number of nitrogens with one attached hydrogen (secondary N) is 2. The minimum absolute atomic E-state index is 0.00142. The molecule has 0 saturated heterocycles. The van der Waals surface area contributed by atoms with Gasteiger partial charge in [0, 0.05) is 23.7 Å². The van der Waals surface area contributed by atoms with Gasteiger partial charge in [0.05, 0.1) is 0 Å². The van der Waals surface area contributed by atoms with Crippen molar-refractivity contribution in [1.82, 2.24) is 10.3 Å². The first-order chi connectivity index (χ1) is 10.9. The van der Waals surface area contributed by atoms with Gasteiger partial charge in [0.1, 0.15) is 5.56 Å². The lowest BCUT2D eigenvalue weighted by molar-refractivity contribution is 0.0936. The summed E-state index contributed by atoms with van der Waals surface area (Å²) in [7, 11) is 0. The van der Waals surface area contributed by atoms with Gasteiger partial charge in [-0.15, -0.1) is 0 Å². The monoisotopic (exact) mass is 318 g/mol. The Labute approximate surface area is 136 Å². The van der Waals surface area contributed by atoms with Crippen molar-refractivity contribution in [2.75, 3.05) is 0 Å². The molecule has 5 heteroatoms. The van der Waals surface area contributed by atoms with Crippen molar-refractivity contribution in [2.24, 2.45) is 5.92 Å². The molecule has 1 atom stereocenters. The number of pyridine rings is 1. The minimum atomic E-state index is -0.412. The predicted octanol–water partition coefficient (Wildman–Crippen LogP) is 2.84. The van der Waals surface area contributed by atoms with Gasteiger partial charge in [-0.05, 0) is 38.2 Å². The lowest BCUT2D eigenvalue weighted by Crippen LogP contribution is -2.36. The number of rotatable bonds is 6. The van der Waals surface area contributed by atoms with Crippen molar-refractivity contribution >= 4 is 11.7 Å². The third-order valence-corrected chi connectivity index (χ3v) is 4.29. The van der Waals surface area contributed by atoms with Gasteiger partial charge in [0.15, 0.2) is 5.78 Å². The number of Topliss-reactive ketones (excluding diaryl/α,β-unsaturated/α-hetero) is 1. The SMILES string of the molecule is CC(C)CCCC(C)NC(=O)c1cc2c([nH]c1=O)CCCC2=O. The zero-order valence-corrected chi connectivity index (χ0v) is 14.2. The van der Waals surface area contributed by atoms with E-state index in [1.165, 1.54) is 6.07 Å². The number of aromatic nitrogens is 1. The normalized spacial score (nSPS) is 15.4. The van der Waals surface area contributed by atoms with Crippen LogP contribution in [-0.4, -0.2) is 22.7 Å². The Bertz CT molecular complexity index is 646. The summed E-state index contributed by atoms with van der Waals surface area (Å²) in [4.78, 5) is 39.1. The van der Waals surface area contributed by atoms with E-state index in [0.717, 1.165) is 25.7 Å². The predicted molar refractivity (Wildman–Crippen MR) is 89.9 cm³/mol. The van der Waals surface area contributed by atoms with Crippen LogP contribution in [0.4, 0.5) is 0 Å². The van der Waals surface area contributed by atoms with Gasteiger partial charge >= 0.3 is 0 Å². The molecule has 0 bridgehead atoms. The molecule has 2 rings (SSSR count). The Balaban J connectivity index is 2.06. The number of ketones is 1. The van der Waals surface area contributed by atoms with Crippen LogP contribution in [0, 0.1) is 5.92 Å². The van der Waals surface area contributed by atoms with Crippen LogP contribution < -0.4 is 10.9 Å². The number of aromatic amines is 1. The van der Waals surface area contributed by atoms with Crippen LogP contribution in [0.1, 0.15) is 79.3 Å². The van der Waals surface area contributed by atoms with Crippen LogP contribution in [-0.2, 0) is 6.42 Å². The first kappa shape index (κ1) is 17.4. The van der Waals surface area contributed by atoms with Crippen LogP contribution in [0.15, 0.2) is 10.9 Å². The van der Waals surface area contributed by atoms with Crippen molar-refractivity contribution < 1.29 is 9.59 Å². The molecule has 1 aliphatic carbocycles. The molecular weight excluding hydrogens is 292 g/mol. The van der Waals surface area contributed by atoms with E-state index in [2.05, 4.69) is 24.1 Å². The number of amides is 1. The zero-order chi connectivity index (χ0) is 17.0. The van der Waals surface area contributed by atoms with Crippen molar-refractivity contribution in [2.45, 2.75) is 65.3 Å². The summed E-state index contributed by atoms with van der Waals surface area (Å²) in [5, 5.41) is 2.86. The first-order valence-electron chi connectivity index (χ1n) is 8.48. The summed E-state index contributed by atoms with van der Waals surface area (Å²) in [6.07, 6.45) is 4.95. The van der Waals surface area contributed by atoms with Crippen molar-refractivity contribution in [3.05, 3.63) is 33.2 Å². The maximum Gasteiger partial charge on any atom is 0.261 e. The highest BCUT2D eigenvalue weighted by Gasteiger charge is 2.22. The van der Waals surface area contributed by atoms with Gasteiger partial charge in [0.25, 0.3) is 11.5 Å². The molecule has 0 saturated carbocycles. The Morgan fingerprint density at radius 3 is 2.65 bits per heavy atom. The molecule has 1 heterocycles. The molecule has 23 heavy (non-hydrogen) atoms. The molecular formula is C18H26N2O3. The smallest absolute Gasteiger partial charge is 0.261 e. The minimum Gasteiger partial charge on any atom is -0.349 e. The molecule has 1 amide bonds. The molecule has 1 aromatic rings. The number of hydrogen-bond acceptors (Lipinski definition) is 3. The van der Waals surface area contributed by atoms with E-state index in [1.807, 2.05) is 6.92 Å². The fraction of sp³-hybridized carbons (Fsp3) is 0.611. The Kier molecular flexibility index (Phi) is 5.74. The molecule has 0 aliphatic heterocycles. The molecule has 0 aromatic carbocycles. The average molecular weight is 318 g/mol. The van der Waals surface area contributed by atoms with E-state index in [-0.39, 0.29) is 17.4 Å². The van der Waals surface area contributed by atoms with Crippen LogP contribution in [0.3, 0.4) is 0 Å². The van der Waals surface area contributed by atoms with E-state index in [9.17, 15) is 14.4 Å². The highest BCUT2D eigenvalue weighted by Crippen LogP contribution is 2.18. The van der Waals surface area contributed by atoms with Gasteiger partial charge in [-0.25, -0.2) is 0 Å². The molecule has 0 spiro atoms. The van der Waals surface area contributed by atoms with E-state index in [1.54, 1.807) is 0 Å². The van der Waals surface area contributed by atoms with E-state index >= 15 is 0 Å². The van der Waals surface area contributed by atoms with Crippen molar-refractivity contribution in [3.8, 4) is 0 Å². The topological polar surface area (TPSA) is 79.0 Å². The second-order valence-electron chi connectivity index (χ2n) is 6.88. The maximum atomic E-state index is 12.3. The van der Waals surface area contributed by atoms with E-state index in [4.69, 9.17) is 0 Å². The standard InChI is InChI=1S/C18H26N2O3/c1-11(2)6-4-7-12(3)19-17(22)14-10-13-15(20-18(14)23)8-5-9-16(13)21/h10-12H,4-9H2,1-3H3,(H,19,22)(H,20,23).